The van der Waals surface area contributed by atoms with Gasteiger partial charge in [0.05, 0.1) is 16.6 Å². The van der Waals surface area contributed by atoms with Crippen LogP contribution in [0.5, 0.6) is 0 Å². The van der Waals surface area contributed by atoms with Crippen LogP contribution in [-0.4, -0.2) is 71.1 Å². The quantitative estimate of drug-likeness (QED) is 0.454. The Morgan fingerprint density at radius 1 is 1.03 bits per heavy atom. The zero-order valence-corrected chi connectivity index (χ0v) is 17.2. The normalized spacial score (nSPS) is 14.5. The first kappa shape index (κ1) is 19.1. The molecule has 31 heavy (non-hydrogen) atoms. The Morgan fingerprint density at radius 2 is 1.77 bits per heavy atom. The second-order valence-electron chi connectivity index (χ2n) is 7.74. The van der Waals surface area contributed by atoms with Crippen LogP contribution >= 0.6 is 0 Å². The predicted molar refractivity (Wildman–Crippen MR) is 117 cm³/mol. The summed E-state index contributed by atoms with van der Waals surface area (Å²) in [4.78, 5) is 37.9. The van der Waals surface area contributed by atoms with Crippen LogP contribution in [0.2, 0.25) is 0 Å². The summed E-state index contributed by atoms with van der Waals surface area (Å²) in [5.74, 6) is 0.991. The van der Waals surface area contributed by atoms with Crippen molar-refractivity contribution < 1.29 is 9.18 Å². The fourth-order valence-corrected chi connectivity index (χ4v) is 3.81. The number of amides is 1. The maximum Gasteiger partial charge on any atom is 0.251 e. The number of aromatic nitrogens is 5. The number of nitrogens with one attached hydrogen (secondary N) is 2. The molecule has 10 nitrogen and oxygen atoms in total. The van der Waals surface area contributed by atoms with E-state index in [0.29, 0.717) is 35.7 Å². The molecule has 1 saturated heterocycles. The van der Waals surface area contributed by atoms with Gasteiger partial charge in [0.15, 0.2) is 5.65 Å². The lowest BCUT2D eigenvalue weighted by atomic mass is 10.1. The molecule has 0 spiro atoms. The number of H-pyrrole nitrogens is 2. The first-order chi connectivity index (χ1) is 14.9. The van der Waals surface area contributed by atoms with Crippen LogP contribution in [0.4, 0.5) is 22.1 Å². The van der Waals surface area contributed by atoms with Gasteiger partial charge in [0.25, 0.3) is 5.91 Å². The monoisotopic (exact) mass is 423 g/mol. The second kappa shape index (κ2) is 7.11. The number of halogens is 1. The highest BCUT2D eigenvalue weighted by Crippen LogP contribution is 2.25. The highest BCUT2D eigenvalue weighted by atomic mass is 19.1. The molecule has 5 rings (SSSR count). The lowest BCUT2D eigenvalue weighted by Gasteiger charge is -2.35. The molecule has 3 aromatic heterocycles. The number of anilines is 3. The molecule has 0 radical (unpaired) electrons. The van der Waals surface area contributed by atoms with Gasteiger partial charge in [-0.1, -0.05) is 0 Å². The Kier molecular flexibility index (Phi) is 4.38. The number of primary amides is 1. The minimum atomic E-state index is -0.704. The molecule has 1 aromatic carbocycles. The fourth-order valence-electron chi connectivity index (χ4n) is 3.81. The van der Waals surface area contributed by atoms with Crippen molar-refractivity contribution >= 4 is 45.8 Å². The van der Waals surface area contributed by atoms with Gasteiger partial charge in [-0.25, -0.2) is 14.4 Å². The fraction of sp³-hybridized carbons (Fsp3) is 0.300. The van der Waals surface area contributed by atoms with E-state index in [4.69, 9.17) is 10.7 Å². The van der Waals surface area contributed by atoms with Crippen LogP contribution in [0, 0.1) is 5.82 Å². The topological polar surface area (TPSA) is 123 Å². The average molecular weight is 423 g/mol. The molecule has 1 aliphatic heterocycles. The Bertz CT molecular complexity index is 1290. The number of piperazine rings is 1. The van der Waals surface area contributed by atoms with E-state index in [0.717, 1.165) is 36.4 Å². The molecule has 11 heteroatoms. The van der Waals surface area contributed by atoms with Gasteiger partial charge in [0.2, 0.25) is 11.9 Å². The largest absolute Gasteiger partial charge is 0.366 e. The number of rotatable bonds is 4. The maximum atomic E-state index is 13.8. The summed E-state index contributed by atoms with van der Waals surface area (Å²) in [7, 11) is 3.85. The van der Waals surface area contributed by atoms with Crippen molar-refractivity contribution in [3.63, 3.8) is 0 Å². The highest BCUT2D eigenvalue weighted by molar-refractivity contribution is 6.04. The van der Waals surface area contributed by atoms with Crippen molar-refractivity contribution in [1.82, 2.24) is 24.9 Å². The summed E-state index contributed by atoms with van der Waals surface area (Å²) in [6.45, 7) is 2.85. The van der Waals surface area contributed by atoms with Gasteiger partial charge in [-0.3, -0.25) is 4.79 Å². The molecule has 0 atom stereocenters. The van der Waals surface area contributed by atoms with Gasteiger partial charge in [-0.15, -0.1) is 0 Å². The molecule has 4 aromatic rings. The lowest BCUT2D eigenvalue weighted by molar-refractivity contribution is 0.100. The molecule has 0 bridgehead atoms. The first-order valence-corrected chi connectivity index (χ1v) is 9.92. The third-order valence-corrected chi connectivity index (χ3v) is 5.45. The standard InChI is InChI=1S/C20H22FN9O/c1-28(2)19-23-13-3-4-15(25-18(13)27-19)29-5-7-30(8-6-29)20-24-14-10-11(21)9-12(17(22)31)16(14)26-20/h3-4,9-10H,5-8H2,1-2H3,(H2,22,31)(H,24,26)(H,23,25,27). The SMILES string of the molecule is CN(C)c1nc2nc(N3CCN(c4nc5c(C(N)=O)cc(F)cc5[nH]4)CC3)ccc2[nH]1. The van der Waals surface area contributed by atoms with Crippen molar-refractivity contribution in [1.29, 1.82) is 0 Å². The molecular weight excluding hydrogens is 401 g/mol. The average Bonchev–Trinajstić information content (AvgIpc) is 3.36. The zero-order chi connectivity index (χ0) is 21.7. The summed E-state index contributed by atoms with van der Waals surface area (Å²) < 4.78 is 13.8. The number of aromatic amines is 2. The number of nitrogens with zero attached hydrogens (tertiary/aromatic N) is 6. The van der Waals surface area contributed by atoms with Gasteiger partial charge < -0.3 is 30.4 Å². The summed E-state index contributed by atoms with van der Waals surface area (Å²) in [5, 5.41) is 0. The van der Waals surface area contributed by atoms with Crippen molar-refractivity contribution in [2.24, 2.45) is 5.73 Å². The van der Waals surface area contributed by atoms with Crippen LogP contribution < -0.4 is 20.4 Å². The summed E-state index contributed by atoms with van der Waals surface area (Å²) in [6.07, 6.45) is 0. The van der Waals surface area contributed by atoms with E-state index in [-0.39, 0.29) is 5.56 Å². The van der Waals surface area contributed by atoms with Crippen LogP contribution in [0.25, 0.3) is 22.2 Å². The third kappa shape index (κ3) is 3.37. The van der Waals surface area contributed by atoms with Gasteiger partial charge in [-0.2, -0.15) is 4.98 Å². The molecule has 4 heterocycles. The lowest BCUT2D eigenvalue weighted by Crippen LogP contribution is -2.47. The number of carbonyl (C=O) groups is 1. The van der Waals surface area contributed by atoms with E-state index in [2.05, 4.69) is 29.7 Å². The number of hydrogen-bond acceptors (Lipinski definition) is 7. The molecule has 1 amide bonds. The molecular formula is C20H22FN9O. The minimum absolute atomic E-state index is 0.0738. The summed E-state index contributed by atoms with van der Waals surface area (Å²) in [5.41, 5.74) is 7.87. The first-order valence-electron chi connectivity index (χ1n) is 9.92. The Balaban J connectivity index is 1.35. The molecule has 0 saturated carbocycles. The Morgan fingerprint density at radius 3 is 2.48 bits per heavy atom. The van der Waals surface area contributed by atoms with E-state index >= 15 is 0 Å². The molecule has 0 aliphatic carbocycles. The smallest absolute Gasteiger partial charge is 0.251 e. The van der Waals surface area contributed by atoms with Crippen molar-refractivity contribution in [2.75, 3.05) is 55.0 Å². The summed E-state index contributed by atoms with van der Waals surface area (Å²) >= 11 is 0. The third-order valence-electron chi connectivity index (χ3n) is 5.45. The Hall–Kier alpha value is -3.89. The number of hydrogen-bond donors (Lipinski definition) is 3. The second-order valence-corrected chi connectivity index (χ2v) is 7.74. The minimum Gasteiger partial charge on any atom is -0.366 e. The molecule has 160 valence electrons. The van der Waals surface area contributed by atoms with Crippen LogP contribution in [0.3, 0.4) is 0 Å². The van der Waals surface area contributed by atoms with E-state index in [1.54, 1.807) is 0 Å². The molecule has 1 fully saturated rings. The van der Waals surface area contributed by atoms with Crippen molar-refractivity contribution in [3.8, 4) is 0 Å². The van der Waals surface area contributed by atoms with Crippen LogP contribution in [-0.2, 0) is 0 Å². The summed E-state index contributed by atoms with van der Waals surface area (Å²) in [6, 6.07) is 6.41. The molecule has 0 unspecified atom stereocenters. The zero-order valence-electron chi connectivity index (χ0n) is 17.2. The highest BCUT2D eigenvalue weighted by Gasteiger charge is 2.22. The molecule has 4 N–H and O–H groups in total. The van der Waals surface area contributed by atoms with E-state index < -0.39 is 11.7 Å². The number of pyridine rings is 1. The number of imidazole rings is 2. The van der Waals surface area contributed by atoms with Gasteiger partial charge in [-0.05, 0) is 24.3 Å². The number of benzene rings is 1. The number of carbonyl (C=O) groups excluding carboxylic acids is 1. The van der Waals surface area contributed by atoms with E-state index in [1.807, 2.05) is 31.1 Å². The predicted octanol–water partition coefficient (Wildman–Crippen LogP) is 1.46. The van der Waals surface area contributed by atoms with Gasteiger partial charge in [0, 0.05) is 40.3 Å². The number of fused-ring (bicyclic) bond motifs is 2. The van der Waals surface area contributed by atoms with Crippen molar-refractivity contribution in [2.45, 2.75) is 0 Å². The van der Waals surface area contributed by atoms with E-state index in [9.17, 15) is 9.18 Å². The maximum absolute atomic E-state index is 13.8. The molecule has 1 aliphatic rings. The van der Waals surface area contributed by atoms with Gasteiger partial charge >= 0.3 is 0 Å². The Labute approximate surface area is 176 Å². The van der Waals surface area contributed by atoms with Crippen molar-refractivity contribution in [3.05, 3.63) is 35.6 Å². The van der Waals surface area contributed by atoms with Gasteiger partial charge in [0.1, 0.15) is 17.2 Å². The van der Waals surface area contributed by atoms with Crippen LogP contribution in [0.1, 0.15) is 10.4 Å². The number of nitrogens with two attached hydrogens (primary N) is 1. The van der Waals surface area contributed by atoms with Crippen LogP contribution in [0.15, 0.2) is 24.3 Å². The van der Waals surface area contributed by atoms with E-state index in [1.165, 1.54) is 6.07 Å².